The van der Waals surface area contributed by atoms with Gasteiger partial charge in [-0.15, -0.1) is 0 Å². The zero-order chi connectivity index (χ0) is 29.6. The molecule has 0 bridgehead atoms. The van der Waals surface area contributed by atoms with E-state index in [9.17, 15) is 9.59 Å². The Morgan fingerprint density at radius 2 is 1.86 bits per heavy atom. The van der Waals surface area contributed by atoms with Crippen molar-refractivity contribution in [3.8, 4) is 11.5 Å². The van der Waals surface area contributed by atoms with Crippen molar-refractivity contribution in [2.24, 2.45) is 4.99 Å². The number of carbonyl (C=O) groups is 1. The number of benzene rings is 3. The highest BCUT2D eigenvalue weighted by Gasteiger charge is 2.34. The lowest BCUT2D eigenvalue weighted by Crippen LogP contribution is -2.40. The minimum Gasteiger partial charge on any atom is -0.497 e. The van der Waals surface area contributed by atoms with Gasteiger partial charge in [0.2, 0.25) is 0 Å². The van der Waals surface area contributed by atoms with E-state index in [2.05, 4.69) is 15.9 Å². The number of hydrogen-bond donors (Lipinski definition) is 0. The summed E-state index contributed by atoms with van der Waals surface area (Å²) in [4.78, 5) is 32.9. The monoisotopic (exact) mass is 646 g/mol. The van der Waals surface area contributed by atoms with E-state index in [-0.39, 0.29) is 12.2 Å². The number of halogens is 1. The van der Waals surface area contributed by atoms with Crippen LogP contribution in [0.25, 0.3) is 6.08 Å². The van der Waals surface area contributed by atoms with Gasteiger partial charge in [0.1, 0.15) is 18.1 Å². The topological polar surface area (TPSA) is 79.1 Å². The van der Waals surface area contributed by atoms with Gasteiger partial charge in [0, 0.05) is 10.0 Å². The number of thiazole rings is 1. The fourth-order valence-electron chi connectivity index (χ4n) is 4.86. The summed E-state index contributed by atoms with van der Waals surface area (Å²) in [5.74, 6) is 0.816. The van der Waals surface area contributed by atoms with Gasteiger partial charge in [0.25, 0.3) is 5.56 Å². The highest BCUT2D eigenvalue weighted by Crippen LogP contribution is 2.34. The highest BCUT2D eigenvalue weighted by molar-refractivity contribution is 9.10. The molecule has 0 radical (unpaired) electrons. The van der Waals surface area contributed by atoms with E-state index < -0.39 is 12.0 Å². The van der Waals surface area contributed by atoms with Gasteiger partial charge in [0.05, 0.1) is 35.6 Å². The number of nitrogens with zero attached hydrogens (tertiary/aromatic N) is 2. The second-order valence-corrected chi connectivity index (χ2v) is 11.6. The summed E-state index contributed by atoms with van der Waals surface area (Å²) in [5.41, 5.74) is 3.31. The van der Waals surface area contributed by atoms with Crippen LogP contribution < -0.4 is 24.4 Å². The fraction of sp³-hybridized carbons (Fsp3) is 0.242. The molecule has 0 N–H and O–H groups in total. The van der Waals surface area contributed by atoms with E-state index in [1.165, 1.54) is 11.3 Å². The zero-order valence-electron chi connectivity index (χ0n) is 23.6. The summed E-state index contributed by atoms with van der Waals surface area (Å²) in [6.07, 6.45) is 3.19. The van der Waals surface area contributed by atoms with Gasteiger partial charge >= 0.3 is 5.97 Å². The van der Waals surface area contributed by atoms with E-state index in [0.717, 1.165) is 27.6 Å². The van der Waals surface area contributed by atoms with E-state index in [4.69, 9.17) is 19.2 Å². The summed E-state index contributed by atoms with van der Waals surface area (Å²) in [6, 6.07) is 22.3. The average molecular weight is 648 g/mol. The highest BCUT2D eigenvalue weighted by atomic mass is 79.9. The Morgan fingerprint density at radius 1 is 1.07 bits per heavy atom. The molecule has 9 heteroatoms. The molecular weight excluding hydrogens is 616 g/mol. The van der Waals surface area contributed by atoms with E-state index >= 15 is 0 Å². The van der Waals surface area contributed by atoms with Crippen molar-refractivity contribution in [1.29, 1.82) is 0 Å². The van der Waals surface area contributed by atoms with Crippen molar-refractivity contribution in [2.75, 3.05) is 13.7 Å². The van der Waals surface area contributed by atoms with Crippen molar-refractivity contribution in [3.05, 3.63) is 125 Å². The molecule has 216 valence electrons. The van der Waals surface area contributed by atoms with Crippen molar-refractivity contribution in [1.82, 2.24) is 4.57 Å². The predicted octanol–water partition coefficient (Wildman–Crippen LogP) is 5.93. The Balaban J connectivity index is 1.63. The lowest BCUT2D eigenvalue weighted by atomic mass is 9.94. The summed E-state index contributed by atoms with van der Waals surface area (Å²) < 4.78 is 20.2. The standard InChI is InChI=1S/C33H31BrN2O5S/c1-4-9-26-29(32(38)40-5-2)30(23-11-8-12-25(18-23)39-3)36-31(37)28(42-33(36)35-26)19-22-10-6-7-13-27(22)41-20-21-14-16-24(34)17-15-21/h6-8,10-19,30H,4-5,9,20H2,1-3H3/b28-19-/t30-/m0/s1. The Kier molecular flexibility index (Phi) is 9.39. The summed E-state index contributed by atoms with van der Waals surface area (Å²) >= 11 is 4.76. The summed E-state index contributed by atoms with van der Waals surface area (Å²) in [5, 5.41) is 0. The summed E-state index contributed by atoms with van der Waals surface area (Å²) in [7, 11) is 1.59. The number of para-hydroxylation sites is 1. The minimum absolute atomic E-state index is 0.216. The average Bonchev–Trinajstić information content (AvgIpc) is 3.31. The van der Waals surface area contributed by atoms with Crippen LogP contribution in [0, 0.1) is 0 Å². The molecular formula is C33H31BrN2O5S. The Bertz CT molecular complexity index is 1810. The number of aromatic nitrogens is 1. The Morgan fingerprint density at radius 3 is 2.60 bits per heavy atom. The molecule has 0 aliphatic carbocycles. The van der Waals surface area contributed by atoms with Gasteiger partial charge < -0.3 is 14.2 Å². The third kappa shape index (κ3) is 6.27. The number of esters is 1. The van der Waals surface area contributed by atoms with Crippen LogP contribution in [-0.2, 0) is 16.1 Å². The molecule has 0 spiro atoms. The minimum atomic E-state index is -0.706. The third-order valence-electron chi connectivity index (χ3n) is 6.81. The molecule has 0 saturated heterocycles. The van der Waals surface area contributed by atoms with Crippen LogP contribution in [0.2, 0.25) is 0 Å². The van der Waals surface area contributed by atoms with Gasteiger partial charge in [-0.05, 0) is 60.9 Å². The van der Waals surface area contributed by atoms with Crippen LogP contribution in [0.3, 0.4) is 0 Å². The maximum Gasteiger partial charge on any atom is 0.338 e. The van der Waals surface area contributed by atoms with Crippen LogP contribution in [0.5, 0.6) is 11.5 Å². The van der Waals surface area contributed by atoms with Crippen molar-refractivity contribution >= 4 is 39.3 Å². The first-order valence-electron chi connectivity index (χ1n) is 13.8. The number of ether oxygens (including phenoxy) is 3. The molecule has 0 unspecified atom stereocenters. The Labute approximate surface area is 256 Å². The molecule has 1 aliphatic rings. The van der Waals surface area contributed by atoms with Gasteiger partial charge in [-0.3, -0.25) is 9.36 Å². The molecule has 42 heavy (non-hydrogen) atoms. The molecule has 7 nitrogen and oxygen atoms in total. The molecule has 0 fully saturated rings. The van der Waals surface area contributed by atoms with Crippen LogP contribution >= 0.6 is 27.3 Å². The quantitative estimate of drug-likeness (QED) is 0.200. The maximum absolute atomic E-state index is 14.1. The van der Waals surface area contributed by atoms with E-state index in [1.807, 2.05) is 85.8 Å². The molecule has 5 rings (SSSR count). The third-order valence-corrected chi connectivity index (χ3v) is 8.33. The number of methoxy groups -OCH3 is 1. The number of allylic oxidation sites excluding steroid dienone is 1. The fourth-order valence-corrected chi connectivity index (χ4v) is 6.14. The number of hydrogen-bond acceptors (Lipinski definition) is 7. The van der Waals surface area contributed by atoms with Crippen molar-refractivity contribution in [3.63, 3.8) is 0 Å². The first kappa shape index (κ1) is 29.5. The Hall–Kier alpha value is -3.95. The lowest BCUT2D eigenvalue weighted by molar-refractivity contribution is -0.139. The smallest absolute Gasteiger partial charge is 0.338 e. The van der Waals surface area contributed by atoms with E-state index in [1.54, 1.807) is 18.6 Å². The van der Waals surface area contributed by atoms with Crippen LogP contribution in [0.1, 0.15) is 49.4 Å². The number of fused-ring (bicyclic) bond motifs is 1. The second-order valence-electron chi connectivity index (χ2n) is 9.64. The van der Waals surface area contributed by atoms with Gasteiger partial charge in [0.15, 0.2) is 4.80 Å². The molecule has 1 aromatic heterocycles. The maximum atomic E-state index is 14.1. The first-order valence-corrected chi connectivity index (χ1v) is 15.4. The molecule has 4 aromatic rings. The summed E-state index contributed by atoms with van der Waals surface area (Å²) in [6.45, 7) is 4.41. The first-order chi connectivity index (χ1) is 20.4. The van der Waals surface area contributed by atoms with E-state index in [0.29, 0.717) is 45.1 Å². The second kappa shape index (κ2) is 13.4. The predicted molar refractivity (Wildman–Crippen MR) is 168 cm³/mol. The van der Waals surface area contributed by atoms with Crippen molar-refractivity contribution < 1.29 is 19.0 Å². The van der Waals surface area contributed by atoms with Gasteiger partial charge in [-0.1, -0.05) is 83.1 Å². The van der Waals surface area contributed by atoms with Gasteiger partial charge in [-0.2, -0.15) is 0 Å². The van der Waals surface area contributed by atoms with Crippen LogP contribution in [-0.4, -0.2) is 24.3 Å². The molecule has 2 heterocycles. The zero-order valence-corrected chi connectivity index (χ0v) is 26.0. The lowest BCUT2D eigenvalue weighted by Gasteiger charge is -2.26. The molecule has 0 saturated carbocycles. The van der Waals surface area contributed by atoms with Crippen molar-refractivity contribution in [2.45, 2.75) is 39.3 Å². The van der Waals surface area contributed by atoms with Gasteiger partial charge in [-0.25, -0.2) is 9.79 Å². The normalized spacial score (nSPS) is 14.8. The molecule has 0 amide bonds. The molecule has 1 aliphatic heterocycles. The SMILES string of the molecule is CCCC1=C(C(=O)OCC)[C@H](c2cccc(OC)c2)n2c(s/c(=C\c3ccccc3OCc3ccc(Br)cc3)c2=O)=N1. The largest absolute Gasteiger partial charge is 0.497 e. The van der Waals surface area contributed by atoms with Crippen LogP contribution in [0.15, 0.2) is 98.3 Å². The molecule has 3 aromatic carbocycles. The number of carbonyl (C=O) groups excluding carboxylic acids is 1. The molecule has 1 atom stereocenters. The number of rotatable bonds is 10. The van der Waals surface area contributed by atoms with Crippen LogP contribution in [0.4, 0.5) is 0 Å².